The minimum atomic E-state index is -0.257. The van der Waals surface area contributed by atoms with Gasteiger partial charge in [-0.3, -0.25) is 0 Å². The predicted octanol–water partition coefficient (Wildman–Crippen LogP) is 6.66. The van der Waals surface area contributed by atoms with Crippen LogP contribution in [-0.4, -0.2) is 12.6 Å². The molecule has 0 heterocycles. The summed E-state index contributed by atoms with van der Waals surface area (Å²) < 4.78 is 24.8. The van der Waals surface area contributed by atoms with E-state index in [0.29, 0.717) is 35.8 Å². The summed E-state index contributed by atoms with van der Waals surface area (Å²) in [6.07, 6.45) is 9.11. The van der Waals surface area contributed by atoms with Crippen molar-refractivity contribution in [1.29, 1.82) is 0 Å². The number of benzene rings is 2. The highest BCUT2D eigenvalue weighted by Gasteiger charge is 2.15. The van der Waals surface area contributed by atoms with Crippen molar-refractivity contribution in [2.75, 3.05) is 6.61 Å². The summed E-state index contributed by atoms with van der Waals surface area (Å²) in [5.41, 5.74) is 1.91. The van der Waals surface area contributed by atoms with Gasteiger partial charge in [0.2, 0.25) is 0 Å². The van der Waals surface area contributed by atoms with Gasteiger partial charge in [-0.05, 0) is 49.1 Å². The van der Waals surface area contributed by atoms with E-state index in [-0.39, 0.29) is 5.82 Å². The second-order valence-electron chi connectivity index (χ2n) is 7.66. The summed E-state index contributed by atoms with van der Waals surface area (Å²) in [6.45, 7) is 3.55. The van der Waals surface area contributed by atoms with Crippen molar-refractivity contribution in [3.8, 4) is 11.5 Å². The van der Waals surface area contributed by atoms with E-state index < -0.39 is 0 Å². The molecule has 5 heteroatoms. The first-order valence-electron chi connectivity index (χ1n) is 10.7. The van der Waals surface area contributed by atoms with Gasteiger partial charge in [0.05, 0.1) is 6.61 Å². The third-order valence-electron chi connectivity index (χ3n) is 5.41. The van der Waals surface area contributed by atoms with Gasteiger partial charge in [-0.2, -0.15) is 0 Å². The average molecular weight is 420 g/mol. The predicted molar refractivity (Wildman–Crippen MR) is 116 cm³/mol. The van der Waals surface area contributed by atoms with Crippen LogP contribution in [0.3, 0.4) is 0 Å². The maximum Gasteiger partial charge on any atom is 0.163 e. The van der Waals surface area contributed by atoms with E-state index in [1.54, 1.807) is 12.1 Å². The van der Waals surface area contributed by atoms with Gasteiger partial charge in [0.15, 0.2) is 11.5 Å². The number of nitrogens with one attached hydrogen (secondary N) is 1. The molecule has 2 aromatic rings. The Morgan fingerprint density at radius 3 is 2.31 bits per heavy atom. The van der Waals surface area contributed by atoms with Crippen LogP contribution >= 0.6 is 11.6 Å². The quantitative estimate of drug-likeness (QED) is 0.519. The first-order valence-corrected chi connectivity index (χ1v) is 11.1. The Morgan fingerprint density at radius 1 is 0.966 bits per heavy atom. The summed E-state index contributed by atoms with van der Waals surface area (Å²) in [5, 5.41) is 4.35. The number of hydrogen-bond acceptors (Lipinski definition) is 3. The number of rotatable bonds is 8. The average Bonchev–Trinajstić information content (AvgIpc) is 2.69. The Morgan fingerprint density at radius 2 is 1.62 bits per heavy atom. The monoisotopic (exact) mass is 419 g/mol. The summed E-state index contributed by atoms with van der Waals surface area (Å²) >= 11 is 6.55. The first kappa shape index (κ1) is 21.9. The Hall–Kier alpha value is -1.78. The number of halogens is 2. The van der Waals surface area contributed by atoms with Crippen LogP contribution in [-0.2, 0) is 13.2 Å². The molecule has 0 radical (unpaired) electrons. The molecule has 29 heavy (non-hydrogen) atoms. The van der Waals surface area contributed by atoms with E-state index >= 15 is 0 Å². The van der Waals surface area contributed by atoms with Crippen LogP contribution in [0.15, 0.2) is 36.4 Å². The van der Waals surface area contributed by atoms with Crippen molar-refractivity contribution >= 4 is 11.6 Å². The standard InChI is InChI=1S/C24H31ClFNO2/c1-2-28-23-14-19(16-27-21-8-6-4-3-5-7-9-21)22(25)15-24(23)29-17-18-10-12-20(26)13-11-18/h10-15,21,27H,2-9,16-17H2,1H3. The molecule has 0 unspecified atom stereocenters. The van der Waals surface area contributed by atoms with Crippen LogP contribution in [0.1, 0.15) is 63.0 Å². The second-order valence-corrected chi connectivity index (χ2v) is 8.07. The fourth-order valence-corrected chi connectivity index (χ4v) is 3.97. The van der Waals surface area contributed by atoms with Crippen LogP contribution in [0.25, 0.3) is 0 Å². The van der Waals surface area contributed by atoms with Gasteiger partial charge in [0.25, 0.3) is 0 Å². The van der Waals surface area contributed by atoms with E-state index in [4.69, 9.17) is 21.1 Å². The Bertz CT molecular complexity index is 758. The SMILES string of the molecule is CCOc1cc(CNC2CCCCCCC2)c(Cl)cc1OCc1ccc(F)cc1. The van der Waals surface area contributed by atoms with E-state index in [0.717, 1.165) is 17.7 Å². The lowest BCUT2D eigenvalue weighted by Crippen LogP contribution is -2.29. The maximum atomic E-state index is 13.1. The highest BCUT2D eigenvalue weighted by molar-refractivity contribution is 6.31. The summed E-state index contributed by atoms with van der Waals surface area (Å²) in [7, 11) is 0. The fourth-order valence-electron chi connectivity index (χ4n) is 3.75. The molecule has 1 saturated carbocycles. The molecule has 1 aliphatic rings. The Balaban J connectivity index is 1.65. The molecule has 1 N–H and O–H groups in total. The lowest BCUT2D eigenvalue weighted by Gasteiger charge is -2.22. The van der Waals surface area contributed by atoms with Gasteiger partial charge in [0, 0.05) is 23.7 Å². The van der Waals surface area contributed by atoms with Crippen LogP contribution in [0, 0.1) is 5.82 Å². The van der Waals surface area contributed by atoms with Crippen molar-refractivity contribution < 1.29 is 13.9 Å². The van der Waals surface area contributed by atoms with E-state index in [2.05, 4.69) is 5.32 Å². The van der Waals surface area contributed by atoms with Gasteiger partial charge < -0.3 is 14.8 Å². The minimum absolute atomic E-state index is 0.257. The molecule has 0 bridgehead atoms. The summed E-state index contributed by atoms with van der Waals surface area (Å²) in [5.74, 6) is 1.04. The smallest absolute Gasteiger partial charge is 0.163 e. The zero-order valence-corrected chi connectivity index (χ0v) is 17.9. The molecule has 0 spiro atoms. The van der Waals surface area contributed by atoms with Crippen LogP contribution in [0.2, 0.25) is 5.02 Å². The topological polar surface area (TPSA) is 30.5 Å². The van der Waals surface area contributed by atoms with Gasteiger partial charge in [-0.15, -0.1) is 0 Å². The molecule has 158 valence electrons. The van der Waals surface area contributed by atoms with Gasteiger partial charge in [-0.25, -0.2) is 4.39 Å². The largest absolute Gasteiger partial charge is 0.490 e. The van der Waals surface area contributed by atoms with Crippen LogP contribution < -0.4 is 14.8 Å². The molecule has 0 atom stereocenters. The molecule has 0 aromatic heterocycles. The van der Waals surface area contributed by atoms with Gasteiger partial charge in [0.1, 0.15) is 12.4 Å². The zero-order chi connectivity index (χ0) is 20.5. The molecule has 0 saturated heterocycles. The molecule has 3 nitrogen and oxygen atoms in total. The van der Waals surface area contributed by atoms with Gasteiger partial charge in [-0.1, -0.05) is 55.8 Å². The van der Waals surface area contributed by atoms with Crippen molar-refractivity contribution in [2.45, 2.75) is 71.1 Å². The fraction of sp³-hybridized carbons (Fsp3) is 0.500. The highest BCUT2D eigenvalue weighted by Crippen LogP contribution is 2.34. The van der Waals surface area contributed by atoms with E-state index in [9.17, 15) is 4.39 Å². The second kappa shape index (κ2) is 11.4. The molecule has 2 aromatic carbocycles. The van der Waals surface area contributed by atoms with Crippen molar-refractivity contribution in [3.05, 3.63) is 58.4 Å². The van der Waals surface area contributed by atoms with Crippen molar-refractivity contribution in [1.82, 2.24) is 5.32 Å². The van der Waals surface area contributed by atoms with Crippen LogP contribution in [0.5, 0.6) is 11.5 Å². The number of hydrogen-bond donors (Lipinski definition) is 1. The minimum Gasteiger partial charge on any atom is -0.490 e. The van der Waals surface area contributed by atoms with E-state index in [1.807, 2.05) is 19.1 Å². The molecular weight excluding hydrogens is 389 g/mol. The number of ether oxygens (including phenoxy) is 2. The van der Waals surface area contributed by atoms with Crippen molar-refractivity contribution in [2.24, 2.45) is 0 Å². The maximum absolute atomic E-state index is 13.1. The summed E-state index contributed by atoms with van der Waals surface area (Å²) in [4.78, 5) is 0. The first-order chi connectivity index (χ1) is 14.2. The molecule has 0 aliphatic heterocycles. The normalized spacial score (nSPS) is 15.6. The van der Waals surface area contributed by atoms with E-state index in [1.165, 1.54) is 57.1 Å². The van der Waals surface area contributed by atoms with Crippen molar-refractivity contribution in [3.63, 3.8) is 0 Å². The third kappa shape index (κ3) is 6.90. The molecule has 0 amide bonds. The lowest BCUT2D eigenvalue weighted by atomic mass is 9.96. The Labute approximate surface area is 178 Å². The molecular formula is C24H31ClFNO2. The zero-order valence-electron chi connectivity index (χ0n) is 17.2. The molecule has 1 fully saturated rings. The highest BCUT2D eigenvalue weighted by atomic mass is 35.5. The molecule has 3 rings (SSSR count). The third-order valence-corrected chi connectivity index (χ3v) is 5.76. The van der Waals surface area contributed by atoms with Gasteiger partial charge >= 0.3 is 0 Å². The molecule has 1 aliphatic carbocycles. The Kier molecular flexibility index (Phi) is 8.63. The lowest BCUT2D eigenvalue weighted by molar-refractivity contribution is 0.269. The van der Waals surface area contributed by atoms with Crippen LogP contribution in [0.4, 0.5) is 4.39 Å². The summed E-state index contributed by atoms with van der Waals surface area (Å²) in [6, 6.07) is 10.6.